The number of carbonyl (C=O) groups excluding carboxylic acids is 2. The molecule has 0 spiro atoms. The van der Waals surface area contributed by atoms with Crippen LogP contribution in [0.1, 0.15) is 15.9 Å². The van der Waals surface area contributed by atoms with Crippen LogP contribution in [0.25, 0.3) is 6.08 Å². The standard InChI is InChI=1S/C18H15N3O3S2/c1-3-9-21-15(22)14(26-18(21)20-17-19-8-10-25-17)11-12-4-6-13(7-5-12)16(23)24-2/h3-8,10-11H,1,9H2,2H3/b14-11-,20-18+. The second kappa shape index (κ2) is 8.11. The maximum atomic E-state index is 12.7. The average molecular weight is 385 g/mol. The van der Waals surface area contributed by atoms with Gasteiger partial charge in [0.2, 0.25) is 5.13 Å². The van der Waals surface area contributed by atoms with E-state index in [2.05, 4.69) is 21.3 Å². The summed E-state index contributed by atoms with van der Waals surface area (Å²) in [5, 5.41) is 3.00. The summed E-state index contributed by atoms with van der Waals surface area (Å²) in [6.45, 7) is 4.07. The molecule has 8 heteroatoms. The second-order valence-electron chi connectivity index (χ2n) is 5.14. The lowest BCUT2D eigenvalue weighted by Gasteiger charge is -2.11. The molecule has 1 aliphatic heterocycles. The summed E-state index contributed by atoms with van der Waals surface area (Å²) in [4.78, 5) is 34.9. The molecule has 1 amide bonds. The molecule has 0 saturated carbocycles. The van der Waals surface area contributed by atoms with Crippen molar-refractivity contribution in [1.82, 2.24) is 9.88 Å². The van der Waals surface area contributed by atoms with Gasteiger partial charge in [-0.2, -0.15) is 4.99 Å². The van der Waals surface area contributed by atoms with E-state index < -0.39 is 5.97 Å². The Morgan fingerprint density at radius 2 is 2.15 bits per heavy atom. The van der Waals surface area contributed by atoms with Gasteiger partial charge in [0.25, 0.3) is 5.91 Å². The number of methoxy groups -OCH3 is 1. The number of aliphatic imine (C=N–C) groups is 1. The van der Waals surface area contributed by atoms with Crippen LogP contribution in [0, 0.1) is 0 Å². The molecule has 0 N–H and O–H groups in total. The van der Waals surface area contributed by atoms with E-state index >= 15 is 0 Å². The first kappa shape index (κ1) is 18.1. The summed E-state index contributed by atoms with van der Waals surface area (Å²) < 4.78 is 4.68. The average Bonchev–Trinajstić information content (AvgIpc) is 3.26. The Morgan fingerprint density at radius 3 is 2.77 bits per heavy atom. The number of ether oxygens (including phenoxy) is 1. The lowest BCUT2D eigenvalue weighted by atomic mass is 10.1. The predicted octanol–water partition coefficient (Wildman–Crippen LogP) is 3.72. The molecule has 1 saturated heterocycles. The van der Waals surface area contributed by atoms with Gasteiger partial charge in [0.05, 0.1) is 17.6 Å². The van der Waals surface area contributed by atoms with E-state index in [1.54, 1.807) is 47.5 Å². The summed E-state index contributed by atoms with van der Waals surface area (Å²) in [5.74, 6) is -0.534. The SMILES string of the molecule is C=CCN1C(=O)/C(=C/c2ccc(C(=O)OC)cc2)S/C1=N/c1nccs1. The van der Waals surface area contributed by atoms with Crippen molar-refractivity contribution < 1.29 is 14.3 Å². The molecule has 0 bridgehead atoms. The molecule has 1 aromatic carbocycles. The maximum Gasteiger partial charge on any atom is 0.337 e. The number of amides is 1. The van der Waals surface area contributed by atoms with Crippen LogP contribution in [0.3, 0.4) is 0 Å². The van der Waals surface area contributed by atoms with Crippen LogP contribution >= 0.6 is 23.1 Å². The zero-order valence-corrected chi connectivity index (χ0v) is 15.5. The number of benzene rings is 1. The van der Waals surface area contributed by atoms with Crippen molar-refractivity contribution in [3.8, 4) is 0 Å². The first-order chi connectivity index (χ1) is 12.6. The van der Waals surface area contributed by atoms with Crippen LogP contribution in [0.4, 0.5) is 5.13 Å². The minimum absolute atomic E-state index is 0.137. The van der Waals surface area contributed by atoms with Crippen LogP contribution in [0.15, 0.2) is 58.4 Å². The van der Waals surface area contributed by atoms with Gasteiger partial charge in [-0.05, 0) is 35.5 Å². The minimum atomic E-state index is -0.398. The molecule has 0 aliphatic carbocycles. The third kappa shape index (κ3) is 3.92. The summed E-state index contributed by atoms with van der Waals surface area (Å²) >= 11 is 2.69. The van der Waals surface area contributed by atoms with Gasteiger partial charge < -0.3 is 4.74 Å². The third-order valence-corrected chi connectivity index (χ3v) is 5.11. The molecule has 26 heavy (non-hydrogen) atoms. The zero-order valence-electron chi connectivity index (χ0n) is 13.9. The molecule has 3 rings (SSSR count). The molecular formula is C18H15N3O3S2. The van der Waals surface area contributed by atoms with Crippen LogP contribution in [0.2, 0.25) is 0 Å². The van der Waals surface area contributed by atoms with Gasteiger partial charge in [-0.15, -0.1) is 17.9 Å². The lowest BCUT2D eigenvalue weighted by Crippen LogP contribution is -2.29. The predicted molar refractivity (Wildman–Crippen MR) is 104 cm³/mol. The lowest BCUT2D eigenvalue weighted by molar-refractivity contribution is -0.121. The highest BCUT2D eigenvalue weighted by molar-refractivity contribution is 8.18. The first-order valence-electron chi connectivity index (χ1n) is 7.61. The molecule has 2 aromatic rings. The molecule has 1 aromatic heterocycles. The van der Waals surface area contributed by atoms with Gasteiger partial charge in [-0.25, -0.2) is 9.78 Å². The Bertz CT molecular complexity index is 887. The Morgan fingerprint density at radius 1 is 1.38 bits per heavy atom. The fraction of sp³-hybridized carbons (Fsp3) is 0.111. The van der Waals surface area contributed by atoms with Gasteiger partial charge in [0.1, 0.15) is 0 Å². The Balaban J connectivity index is 1.87. The van der Waals surface area contributed by atoms with Crippen LogP contribution in [-0.2, 0) is 9.53 Å². The fourth-order valence-corrected chi connectivity index (χ4v) is 3.77. The van der Waals surface area contributed by atoms with Gasteiger partial charge in [0, 0.05) is 18.1 Å². The van der Waals surface area contributed by atoms with Crippen molar-refractivity contribution in [2.45, 2.75) is 0 Å². The largest absolute Gasteiger partial charge is 0.465 e. The Labute approximate surface area is 158 Å². The fourth-order valence-electron chi connectivity index (χ4n) is 2.22. The number of aromatic nitrogens is 1. The summed E-state index contributed by atoms with van der Waals surface area (Å²) in [6, 6.07) is 6.85. The van der Waals surface area contributed by atoms with Crippen molar-refractivity contribution in [3.63, 3.8) is 0 Å². The van der Waals surface area contributed by atoms with E-state index in [4.69, 9.17) is 0 Å². The Kier molecular flexibility index (Phi) is 5.65. The number of nitrogens with zero attached hydrogens (tertiary/aromatic N) is 3. The van der Waals surface area contributed by atoms with E-state index in [-0.39, 0.29) is 5.91 Å². The summed E-state index contributed by atoms with van der Waals surface area (Å²) in [6.07, 6.45) is 5.10. The van der Waals surface area contributed by atoms with Gasteiger partial charge in [0.15, 0.2) is 5.17 Å². The molecule has 0 unspecified atom stereocenters. The van der Waals surface area contributed by atoms with Crippen molar-refractivity contribution in [3.05, 3.63) is 64.5 Å². The molecule has 1 aliphatic rings. The number of rotatable bonds is 5. The van der Waals surface area contributed by atoms with Gasteiger partial charge in [-0.3, -0.25) is 9.69 Å². The van der Waals surface area contributed by atoms with E-state index in [1.165, 1.54) is 30.2 Å². The van der Waals surface area contributed by atoms with E-state index in [0.717, 1.165) is 5.56 Å². The van der Waals surface area contributed by atoms with Crippen molar-refractivity contribution in [2.75, 3.05) is 13.7 Å². The van der Waals surface area contributed by atoms with Crippen molar-refractivity contribution in [2.24, 2.45) is 4.99 Å². The zero-order chi connectivity index (χ0) is 18.5. The van der Waals surface area contributed by atoms with Crippen LogP contribution in [0.5, 0.6) is 0 Å². The number of esters is 1. The number of carbonyl (C=O) groups is 2. The molecular weight excluding hydrogens is 370 g/mol. The highest BCUT2D eigenvalue weighted by Gasteiger charge is 2.32. The molecule has 2 heterocycles. The number of amidine groups is 1. The monoisotopic (exact) mass is 385 g/mol. The number of hydrogen-bond donors (Lipinski definition) is 0. The molecule has 0 atom stereocenters. The van der Waals surface area contributed by atoms with Crippen LogP contribution in [-0.4, -0.2) is 40.6 Å². The molecule has 132 valence electrons. The summed E-state index contributed by atoms with van der Waals surface area (Å²) in [5.41, 5.74) is 1.27. The highest BCUT2D eigenvalue weighted by atomic mass is 32.2. The third-order valence-electron chi connectivity index (χ3n) is 3.44. The molecule has 0 radical (unpaired) electrons. The van der Waals surface area contributed by atoms with Crippen molar-refractivity contribution >= 4 is 51.4 Å². The first-order valence-corrected chi connectivity index (χ1v) is 9.31. The van der Waals surface area contributed by atoms with Gasteiger partial charge >= 0.3 is 5.97 Å². The normalized spacial score (nSPS) is 17.1. The number of thiazole rings is 1. The highest BCUT2D eigenvalue weighted by Crippen LogP contribution is 2.34. The number of hydrogen-bond acceptors (Lipinski definition) is 7. The van der Waals surface area contributed by atoms with E-state index in [1.807, 2.05) is 5.38 Å². The minimum Gasteiger partial charge on any atom is -0.465 e. The quantitative estimate of drug-likeness (QED) is 0.446. The van der Waals surface area contributed by atoms with E-state index in [9.17, 15) is 9.59 Å². The second-order valence-corrected chi connectivity index (χ2v) is 7.02. The Hall–Kier alpha value is -2.71. The smallest absolute Gasteiger partial charge is 0.337 e. The topological polar surface area (TPSA) is 71.9 Å². The van der Waals surface area contributed by atoms with E-state index in [0.29, 0.717) is 27.3 Å². The molecule has 6 nitrogen and oxygen atoms in total. The maximum absolute atomic E-state index is 12.7. The summed E-state index contributed by atoms with van der Waals surface area (Å²) in [7, 11) is 1.34. The molecule has 1 fully saturated rings. The van der Waals surface area contributed by atoms with Crippen LogP contribution < -0.4 is 0 Å². The number of thioether (sulfide) groups is 1. The van der Waals surface area contributed by atoms with Gasteiger partial charge in [-0.1, -0.05) is 18.2 Å². The van der Waals surface area contributed by atoms with Crippen molar-refractivity contribution in [1.29, 1.82) is 0 Å².